The lowest BCUT2D eigenvalue weighted by atomic mass is 10.00. The average Bonchev–Trinajstić information content (AvgIpc) is 2.36. The van der Waals surface area contributed by atoms with E-state index in [1.54, 1.807) is 0 Å². The zero-order valence-electron chi connectivity index (χ0n) is 5.75. The van der Waals surface area contributed by atoms with Gasteiger partial charge in [0.25, 0.3) is 0 Å². The van der Waals surface area contributed by atoms with Crippen molar-refractivity contribution in [3.8, 4) is 0 Å². The van der Waals surface area contributed by atoms with E-state index in [2.05, 4.69) is 0 Å². The van der Waals surface area contributed by atoms with Crippen LogP contribution in [0.25, 0.3) is 0 Å². The van der Waals surface area contributed by atoms with Gasteiger partial charge in [-0.1, -0.05) is 0 Å². The predicted molar refractivity (Wildman–Crippen MR) is 36.1 cm³/mol. The maximum absolute atomic E-state index is 10.5. The van der Waals surface area contributed by atoms with Gasteiger partial charge in [-0.05, 0) is 6.42 Å². The van der Waals surface area contributed by atoms with Gasteiger partial charge in [0.15, 0.2) is 0 Å². The van der Waals surface area contributed by atoms with Crippen LogP contribution in [-0.4, -0.2) is 25.2 Å². The molecule has 1 aliphatic heterocycles. The van der Waals surface area contributed by atoms with E-state index in [9.17, 15) is 4.79 Å². The van der Waals surface area contributed by atoms with Gasteiger partial charge in [-0.15, -0.1) is 0 Å². The molecule has 0 aromatic heterocycles. The molecular weight excluding hydrogens is 132 g/mol. The van der Waals surface area contributed by atoms with Crippen molar-refractivity contribution in [2.24, 2.45) is 17.4 Å². The smallest absolute Gasteiger partial charge is 0.234 e. The first-order chi connectivity index (χ1) is 4.72. The average molecular weight is 144 g/mol. The number of hydrogen-bond donors (Lipinski definition) is 2. The molecule has 1 amide bonds. The summed E-state index contributed by atoms with van der Waals surface area (Å²) in [6.07, 6.45) is 0.851. The molecule has 0 saturated carbocycles. The molecule has 1 aliphatic rings. The Morgan fingerprint density at radius 1 is 1.70 bits per heavy atom. The molecule has 0 aromatic carbocycles. The molecule has 58 valence electrons. The van der Waals surface area contributed by atoms with Gasteiger partial charge in [-0.2, -0.15) is 0 Å². The van der Waals surface area contributed by atoms with Crippen LogP contribution in [0.4, 0.5) is 0 Å². The summed E-state index contributed by atoms with van der Waals surface area (Å²) in [5.74, 6) is -0.298. The Bertz CT molecular complexity index is 132. The van der Waals surface area contributed by atoms with Crippen molar-refractivity contribution >= 4 is 5.91 Å². The molecule has 0 radical (unpaired) electrons. The van der Waals surface area contributed by atoms with Gasteiger partial charge in [-0.25, -0.2) is 0 Å². The van der Waals surface area contributed by atoms with Crippen LogP contribution in [0.2, 0.25) is 0 Å². The van der Waals surface area contributed by atoms with Crippen LogP contribution < -0.4 is 11.5 Å². The Kier molecular flexibility index (Phi) is 2.24. The predicted octanol–water partition coefficient (Wildman–Crippen LogP) is -1.16. The van der Waals surface area contributed by atoms with Gasteiger partial charge in [-0.3, -0.25) is 4.79 Å². The second-order valence-corrected chi connectivity index (χ2v) is 2.55. The standard InChI is InChI=1S/C6H12N2O2/c7-5(6(8)9)4-1-2-10-3-4/h4-5H,1-3,7H2,(H2,8,9)/t4-,5-/m0/s1. The quantitative estimate of drug-likeness (QED) is 0.513. The Balaban J connectivity index is 2.39. The summed E-state index contributed by atoms with van der Waals surface area (Å²) >= 11 is 0. The molecule has 2 atom stereocenters. The van der Waals surface area contributed by atoms with Crippen LogP contribution in [0.5, 0.6) is 0 Å². The largest absolute Gasteiger partial charge is 0.381 e. The summed E-state index contributed by atoms with van der Waals surface area (Å²) in [5, 5.41) is 0. The minimum atomic E-state index is -0.525. The lowest BCUT2D eigenvalue weighted by molar-refractivity contribution is -0.120. The van der Waals surface area contributed by atoms with Gasteiger partial charge < -0.3 is 16.2 Å². The van der Waals surface area contributed by atoms with Crippen LogP contribution in [0.15, 0.2) is 0 Å². The van der Waals surface area contributed by atoms with Crippen molar-refractivity contribution in [1.82, 2.24) is 0 Å². The fourth-order valence-corrected chi connectivity index (χ4v) is 1.07. The van der Waals surface area contributed by atoms with Gasteiger partial charge in [0.1, 0.15) is 0 Å². The highest BCUT2D eigenvalue weighted by molar-refractivity contribution is 5.79. The number of hydrogen-bond acceptors (Lipinski definition) is 3. The molecule has 0 aromatic rings. The third kappa shape index (κ3) is 1.46. The lowest BCUT2D eigenvalue weighted by Gasteiger charge is -2.12. The minimum Gasteiger partial charge on any atom is -0.381 e. The molecular formula is C6H12N2O2. The van der Waals surface area contributed by atoms with Crippen molar-refractivity contribution in [2.75, 3.05) is 13.2 Å². The van der Waals surface area contributed by atoms with Crippen LogP contribution >= 0.6 is 0 Å². The summed E-state index contributed by atoms with van der Waals surface area (Å²) in [5.41, 5.74) is 10.5. The van der Waals surface area contributed by atoms with Gasteiger partial charge >= 0.3 is 0 Å². The second-order valence-electron chi connectivity index (χ2n) is 2.55. The first-order valence-corrected chi connectivity index (χ1v) is 3.34. The van der Waals surface area contributed by atoms with E-state index >= 15 is 0 Å². The van der Waals surface area contributed by atoms with Gasteiger partial charge in [0, 0.05) is 12.5 Å². The molecule has 0 aliphatic carbocycles. The minimum absolute atomic E-state index is 0.137. The number of ether oxygens (including phenoxy) is 1. The van der Waals surface area contributed by atoms with Crippen molar-refractivity contribution in [3.63, 3.8) is 0 Å². The van der Waals surface area contributed by atoms with E-state index in [1.807, 2.05) is 0 Å². The zero-order valence-corrected chi connectivity index (χ0v) is 5.75. The summed E-state index contributed by atoms with van der Waals surface area (Å²) in [6.45, 7) is 1.27. The molecule has 1 rings (SSSR count). The number of rotatable bonds is 2. The molecule has 1 fully saturated rings. The highest BCUT2D eigenvalue weighted by Gasteiger charge is 2.26. The monoisotopic (exact) mass is 144 g/mol. The molecule has 0 spiro atoms. The van der Waals surface area contributed by atoms with Crippen LogP contribution in [0.1, 0.15) is 6.42 Å². The van der Waals surface area contributed by atoms with Crippen molar-refractivity contribution < 1.29 is 9.53 Å². The Hall–Kier alpha value is -0.610. The SMILES string of the molecule is NC(=O)[C@@H](N)[C@H]1CCOC1. The number of amides is 1. The molecule has 0 unspecified atom stereocenters. The molecule has 1 saturated heterocycles. The highest BCUT2D eigenvalue weighted by Crippen LogP contribution is 2.14. The van der Waals surface area contributed by atoms with Crippen LogP contribution in [0.3, 0.4) is 0 Å². The third-order valence-electron chi connectivity index (χ3n) is 1.80. The maximum atomic E-state index is 10.5. The van der Waals surface area contributed by atoms with Crippen molar-refractivity contribution in [2.45, 2.75) is 12.5 Å². The van der Waals surface area contributed by atoms with E-state index in [4.69, 9.17) is 16.2 Å². The molecule has 10 heavy (non-hydrogen) atoms. The molecule has 1 heterocycles. The first-order valence-electron chi connectivity index (χ1n) is 3.34. The Morgan fingerprint density at radius 3 is 2.80 bits per heavy atom. The van der Waals surface area contributed by atoms with E-state index in [0.717, 1.165) is 6.42 Å². The van der Waals surface area contributed by atoms with Crippen molar-refractivity contribution in [1.29, 1.82) is 0 Å². The Morgan fingerprint density at radius 2 is 2.40 bits per heavy atom. The summed E-state index contributed by atoms with van der Waals surface area (Å²) < 4.78 is 5.04. The van der Waals surface area contributed by atoms with Gasteiger partial charge in [0.2, 0.25) is 5.91 Å². The lowest BCUT2D eigenvalue weighted by Crippen LogP contribution is -2.42. The van der Waals surface area contributed by atoms with Crippen LogP contribution in [-0.2, 0) is 9.53 Å². The number of carbonyl (C=O) groups is 1. The number of carbonyl (C=O) groups excluding carboxylic acids is 1. The maximum Gasteiger partial charge on any atom is 0.234 e. The number of nitrogens with two attached hydrogens (primary N) is 2. The summed E-state index contributed by atoms with van der Waals surface area (Å²) in [6, 6.07) is -0.525. The highest BCUT2D eigenvalue weighted by atomic mass is 16.5. The van der Waals surface area contributed by atoms with Crippen molar-refractivity contribution in [3.05, 3.63) is 0 Å². The normalized spacial score (nSPS) is 28.3. The molecule has 0 bridgehead atoms. The van der Waals surface area contributed by atoms with E-state index in [0.29, 0.717) is 13.2 Å². The third-order valence-corrected chi connectivity index (χ3v) is 1.80. The van der Waals surface area contributed by atoms with Crippen LogP contribution in [0, 0.1) is 5.92 Å². The fourth-order valence-electron chi connectivity index (χ4n) is 1.07. The Labute approximate surface area is 59.5 Å². The molecule has 4 heteroatoms. The first kappa shape index (κ1) is 7.50. The summed E-state index contributed by atoms with van der Waals surface area (Å²) in [4.78, 5) is 10.5. The summed E-state index contributed by atoms with van der Waals surface area (Å²) in [7, 11) is 0. The van der Waals surface area contributed by atoms with Gasteiger partial charge in [0.05, 0.1) is 12.6 Å². The van der Waals surface area contributed by atoms with E-state index in [-0.39, 0.29) is 5.92 Å². The fraction of sp³-hybridized carbons (Fsp3) is 0.833. The van der Waals surface area contributed by atoms with E-state index in [1.165, 1.54) is 0 Å². The van der Waals surface area contributed by atoms with E-state index < -0.39 is 11.9 Å². The number of primary amides is 1. The topological polar surface area (TPSA) is 78.3 Å². The second kappa shape index (κ2) is 2.98. The molecule has 4 nitrogen and oxygen atoms in total. The zero-order chi connectivity index (χ0) is 7.56. The molecule has 4 N–H and O–H groups in total.